The van der Waals surface area contributed by atoms with Gasteiger partial charge in [0, 0.05) is 29.2 Å². The maximum atomic E-state index is 12.9. The van der Waals surface area contributed by atoms with Gasteiger partial charge in [0.15, 0.2) is 5.78 Å². The largest absolute Gasteiger partial charge is 0.497 e. The fourth-order valence-corrected chi connectivity index (χ4v) is 4.42. The van der Waals surface area contributed by atoms with Gasteiger partial charge in [0.05, 0.1) is 19.8 Å². The van der Waals surface area contributed by atoms with Crippen LogP contribution in [0.4, 0.5) is 5.69 Å². The van der Waals surface area contributed by atoms with Gasteiger partial charge in [-0.3, -0.25) is 9.59 Å². The van der Waals surface area contributed by atoms with Crippen LogP contribution >= 0.6 is 11.6 Å². The number of rotatable bonds is 8. The number of nitrogens with zero attached hydrogens (tertiary/aromatic N) is 1. The summed E-state index contributed by atoms with van der Waals surface area (Å²) in [5.41, 5.74) is 3.11. The molecule has 3 aromatic carbocycles. The molecular formula is C28H30ClNO4. The Morgan fingerprint density at radius 1 is 1.03 bits per heavy atom. The van der Waals surface area contributed by atoms with Crippen LogP contribution in [0.5, 0.6) is 5.75 Å². The minimum absolute atomic E-state index is 0.133. The quantitative estimate of drug-likeness (QED) is 0.277. The van der Waals surface area contributed by atoms with Crippen LogP contribution in [0.1, 0.15) is 41.7 Å². The average molecular weight is 480 g/mol. The first kappa shape index (κ1) is 25.3. The highest BCUT2D eigenvalue weighted by Crippen LogP contribution is 2.43. The summed E-state index contributed by atoms with van der Waals surface area (Å²) in [5.74, 6) is 1.28. The predicted molar refractivity (Wildman–Crippen MR) is 136 cm³/mol. The molecule has 0 saturated carbocycles. The van der Waals surface area contributed by atoms with Crippen LogP contribution in [0.3, 0.4) is 0 Å². The second-order valence-corrected chi connectivity index (χ2v) is 8.42. The smallest absolute Gasteiger partial charge is 0.293 e. The van der Waals surface area contributed by atoms with Gasteiger partial charge in [-0.05, 0) is 61.2 Å². The Labute approximate surface area is 206 Å². The first-order valence-corrected chi connectivity index (χ1v) is 11.7. The van der Waals surface area contributed by atoms with Crippen LogP contribution in [0.15, 0.2) is 78.9 Å². The number of hydrogen-bond donors (Lipinski definition) is 0. The molecule has 2 atom stereocenters. The van der Waals surface area contributed by atoms with Crippen molar-refractivity contribution in [3.05, 3.63) is 95.0 Å². The lowest BCUT2D eigenvalue weighted by atomic mass is 9.88. The molecule has 0 spiro atoms. The van der Waals surface area contributed by atoms with Crippen molar-refractivity contribution in [1.29, 1.82) is 0 Å². The fourth-order valence-electron chi connectivity index (χ4n) is 4.29. The van der Waals surface area contributed by atoms with Crippen LogP contribution in [0.25, 0.3) is 0 Å². The van der Waals surface area contributed by atoms with E-state index in [-0.39, 0.29) is 17.7 Å². The summed E-state index contributed by atoms with van der Waals surface area (Å²) in [6, 6.07) is 25.9. The number of methoxy groups -OCH3 is 1. The Hall–Kier alpha value is -3.31. The number of halogens is 1. The molecule has 0 aliphatic carbocycles. The van der Waals surface area contributed by atoms with E-state index in [2.05, 4.69) is 33.9 Å². The summed E-state index contributed by atoms with van der Waals surface area (Å²) >= 11 is 6.12. The van der Waals surface area contributed by atoms with Gasteiger partial charge in [-0.1, -0.05) is 54.1 Å². The van der Waals surface area contributed by atoms with Crippen molar-refractivity contribution in [3.63, 3.8) is 0 Å². The average Bonchev–Trinajstić information content (AvgIpc) is 3.29. The summed E-state index contributed by atoms with van der Waals surface area (Å²) in [6.07, 6.45) is 1.50. The molecule has 1 aliphatic heterocycles. The number of carbonyl (C=O) groups excluding carboxylic acids is 2. The van der Waals surface area contributed by atoms with Crippen molar-refractivity contribution >= 4 is 29.5 Å². The third kappa shape index (κ3) is 6.61. The second-order valence-electron chi connectivity index (χ2n) is 7.98. The zero-order valence-electron chi connectivity index (χ0n) is 19.5. The second kappa shape index (κ2) is 12.8. The van der Waals surface area contributed by atoms with Crippen LogP contribution in [-0.4, -0.2) is 32.5 Å². The molecule has 5 nitrogen and oxygen atoms in total. The number of ether oxygens (including phenoxy) is 2. The highest BCUT2D eigenvalue weighted by molar-refractivity contribution is 6.30. The molecule has 34 heavy (non-hydrogen) atoms. The maximum Gasteiger partial charge on any atom is 0.293 e. The van der Waals surface area contributed by atoms with E-state index in [0.717, 1.165) is 35.0 Å². The molecular weight excluding hydrogens is 450 g/mol. The van der Waals surface area contributed by atoms with E-state index in [1.165, 1.54) is 5.56 Å². The van der Waals surface area contributed by atoms with E-state index in [4.69, 9.17) is 16.3 Å². The van der Waals surface area contributed by atoms with Crippen LogP contribution in [0, 0.1) is 5.92 Å². The van der Waals surface area contributed by atoms with E-state index >= 15 is 0 Å². The summed E-state index contributed by atoms with van der Waals surface area (Å²) in [7, 11) is 1.67. The molecule has 178 valence electrons. The molecule has 0 radical (unpaired) electrons. The maximum absolute atomic E-state index is 12.9. The van der Waals surface area contributed by atoms with E-state index in [9.17, 15) is 9.59 Å². The van der Waals surface area contributed by atoms with Crippen molar-refractivity contribution in [2.24, 2.45) is 5.92 Å². The standard InChI is InChI=1S/C25H24ClNO2.C3H6O2/c1-29-23-13-11-22(12-14-23)27-16-15-20(17-24(28)18-5-3-2-4-6-18)25(27)19-7-9-21(26)10-8-19;1-2-5-3-4/h2-14,20,25H,15-17H2,1H3;3H,2H2,1H3/t20-,25-;/m0./s1. The van der Waals surface area contributed by atoms with Crippen molar-refractivity contribution in [3.8, 4) is 5.75 Å². The zero-order chi connectivity index (χ0) is 24.3. The van der Waals surface area contributed by atoms with E-state index in [1.54, 1.807) is 14.0 Å². The Morgan fingerprint density at radius 2 is 1.71 bits per heavy atom. The third-order valence-electron chi connectivity index (χ3n) is 5.92. The number of benzene rings is 3. The van der Waals surface area contributed by atoms with Gasteiger partial charge in [-0.15, -0.1) is 0 Å². The number of ketones is 1. The molecule has 0 unspecified atom stereocenters. The molecule has 1 fully saturated rings. The van der Waals surface area contributed by atoms with E-state index in [0.29, 0.717) is 19.5 Å². The highest BCUT2D eigenvalue weighted by Gasteiger charge is 2.36. The Bertz CT molecular complexity index is 1040. The Morgan fingerprint density at radius 3 is 2.26 bits per heavy atom. The lowest BCUT2D eigenvalue weighted by molar-refractivity contribution is -0.128. The van der Waals surface area contributed by atoms with Crippen molar-refractivity contribution < 1.29 is 19.1 Å². The Kier molecular flexibility index (Phi) is 9.53. The minimum Gasteiger partial charge on any atom is -0.497 e. The highest BCUT2D eigenvalue weighted by atomic mass is 35.5. The molecule has 1 saturated heterocycles. The monoisotopic (exact) mass is 479 g/mol. The van der Waals surface area contributed by atoms with Crippen molar-refractivity contribution in [2.45, 2.75) is 25.8 Å². The molecule has 0 amide bonds. The molecule has 6 heteroatoms. The SMILES string of the molecule is CCOC=O.COc1ccc(N2CC[C@@H](CC(=O)c3ccccc3)[C@@H]2c2ccc(Cl)cc2)cc1. The van der Waals surface area contributed by atoms with Crippen LogP contribution < -0.4 is 9.64 Å². The van der Waals surface area contributed by atoms with Gasteiger partial charge in [-0.25, -0.2) is 0 Å². The number of Topliss-reactive ketones (excluding diaryl/α,β-unsaturated/α-hetero) is 1. The zero-order valence-corrected chi connectivity index (χ0v) is 20.3. The molecule has 1 aliphatic rings. The van der Waals surface area contributed by atoms with Gasteiger partial charge >= 0.3 is 0 Å². The van der Waals surface area contributed by atoms with Gasteiger partial charge in [0.1, 0.15) is 5.75 Å². The molecule has 0 aromatic heterocycles. The number of anilines is 1. The minimum atomic E-state index is 0.133. The molecule has 4 rings (SSSR count). The van der Waals surface area contributed by atoms with E-state index in [1.807, 2.05) is 54.6 Å². The van der Waals surface area contributed by atoms with Gasteiger partial charge in [0.2, 0.25) is 0 Å². The predicted octanol–water partition coefficient (Wildman–Crippen LogP) is 6.37. The Balaban J connectivity index is 0.000000588. The summed E-state index contributed by atoms with van der Waals surface area (Å²) in [6.45, 7) is 3.57. The fraction of sp³-hybridized carbons (Fsp3) is 0.286. The summed E-state index contributed by atoms with van der Waals surface area (Å²) in [5, 5.41) is 0.722. The van der Waals surface area contributed by atoms with Gasteiger partial charge < -0.3 is 14.4 Å². The first-order chi connectivity index (χ1) is 16.6. The van der Waals surface area contributed by atoms with Crippen LogP contribution in [-0.2, 0) is 9.53 Å². The number of carbonyl (C=O) groups is 2. The lowest BCUT2D eigenvalue weighted by Gasteiger charge is -2.30. The first-order valence-electron chi connectivity index (χ1n) is 11.4. The summed E-state index contributed by atoms with van der Waals surface area (Å²) in [4.78, 5) is 24.5. The van der Waals surface area contributed by atoms with E-state index < -0.39 is 0 Å². The summed E-state index contributed by atoms with van der Waals surface area (Å²) < 4.78 is 9.45. The molecule has 1 heterocycles. The molecule has 0 bridgehead atoms. The van der Waals surface area contributed by atoms with Gasteiger partial charge in [0.25, 0.3) is 6.47 Å². The number of hydrogen-bond acceptors (Lipinski definition) is 5. The third-order valence-corrected chi connectivity index (χ3v) is 6.17. The lowest BCUT2D eigenvalue weighted by Crippen LogP contribution is -2.26. The van der Waals surface area contributed by atoms with Crippen molar-refractivity contribution in [1.82, 2.24) is 0 Å². The molecule has 0 N–H and O–H groups in total. The van der Waals surface area contributed by atoms with Crippen LogP contribution in [0.2, 0.25) is 5.02 Å². The molecule has 3 aromatic rings. The van der Waals surface area contributed by atoms with Gasteiger partial charge in [-0.2, -0.15) is 0 Å². The van der Waals surface area contributed by atoms with Crippen molar-refractivity contribution in [2.75, 3.05) is 25.2 Å². The topological polar surface area (TPSA) is 55.8 Å². The normalized spacial score (nSPS) is 16.9.